The van der Waals surface area contributed by atoms with Crippen molar-refractivity contribution in [2.75, 3.05) is 26.2 Å². The van der Waals surface area contributed by atoms with E-state index in [4.69, 9.17) is 11.6 Å². The van der Waals surface area contributed by atoms with Crippen LogP contribution in [0.2, 0.25) is 5.02 Å². The van der Waals surface area contributed by atoms with E-state index in [1.807, 2.05) is 45.1 Å². The molecule has 8 heteroatoms. The summed E-state index contributed by atoms with van der Waals surface area (Å²) in [6, 6.07) is 7.56. The highest BCUT2D eigenvalue weighted by molar-refractivity contribution is 7.15. The number of hydrogen-bond acceptors (Lipinski definition) is 4. The molecule has 1 aliphatic rings. The molecule has 2 amide bonds. The van der Waals surface area contributed by atoms with E-state index < -0.39 is 0 Å². The van der Waals surface area contributed by atoms with Gasteiger partial charge >= 0.3 is 0 Å². The van der Waals surface area contributed by atoms with Crippen molar-refractivity contribution in [2.24, 2.45) is 0 Å². The Hall–Kier alpha value is -2.38. The highest BCUT2D eigenvalue weighted by Gasteiger charge is 2.23. The fourth-order valence-corrected chi connectivity index (χ4v) is 4.25. The maximum Gasteiger partial charge on any atom is 0.228 e. The largest absolute Gasteiger partial charge is 0.339 e. The van der Waals surface area contributed by atoms with Crippen molar-refractivity contribution in [3.63, 3.8) is 0 Å². The number of fused-ring (bicyclic) bond motifs is 1. The lowest BCUT2D eigenvalue weighted by molar-refractivity contribution is -0.138. The molecule has 1 saturated heterocycles. The van der Waals surface area contributed by atoms with E-state index in [0.717, 1.165) is 21.9 Å². The molecule has 2 aromatic heterocycles. The molecule has 1 aliphatic heterocycles. The Morgan fingerprint density at radius 2 is 1.78 bits per heavy atom. The van der Waals surface area contributed by atoms with Gasteiger partial charge in [0.05, 0.1) is 12.1 Å². The Morgan fingerprint density at radius 3 is 2.44 bits per heavy atom. The standard InChI is InChI=1S/C19H19ClN4O2S/c1-13(25)22-6-8-23(9-7-22)18(26)10-16-12-27-19-21-17(11-24(16)19)14-2-4-15(20)5-3-14/h2-5,11-12H,6-10H2,1H3. The molecule has 0 N–H and O–H groups in total. The second-order valence-corrected chi connectivity index (χ2v) is 7.85. The van der Waals surface area contributed by atoms with Crippen LogP contribution in [-0.4, -0.2) is 57.2 Å². The van der Waals surface area contributed by atoms with Gasteiger partial charge in [-0.2, -0.15) is 0 Å². The summed E-state index contributed by atoms with van der Waals surface area (Å²) in [5, 5.41) is 2.67. The molecule has 0 spiro atoms. The van der Waals surface area contributed by atoms with Gasteiger partial charge in [0.25, 0.3) is 0 Å². The third-order valence-electron chi connectivity index (χ3n) is 4.83. The number of carbonyl (C=O) groups is 2. The molecule has 0 saturated carbocycles. The van der Waals surface area contributed by atoms with Gasteiger partial charge in [-0.3, -0.25) is 14.0 Å². The number of halogens is 1. The first-order chi connectivity index (χ1) is 13.0. The third-order valence-corrected chi connectivity index (χ3v) is 5.97. The Balaban J connectivity index is 1.48. The van der Waals surface area contributed by atoms with Gasteiger partial charge < -0.3 is 9.80 Å². The van der Waals surface area contributed by atoms with Crippen molar-refractivity contribution in [3.8, 4) is 11.3 Å². The van der Waals surface area contributed by atoms with Gasteiger partial charge in [0.2, 0.25) is 11.8 Å². The Kier molecular flexibility index (Phi) is 4.88. The van der Waals surface area contributed by atoms with Crippen molar-refractivity contribution in [3.05, 3.63) is 46.6 Å². The SMILES string of the molecule is CC(=O)N1CCN(C(=O)Cc2csc3nc(-c4ccc(Cl)cc4)cn23)CC1. The van der Waals surface area contributed by atoms with Crippen molar-refractivity contribution in [2.45, 2.75) is 13.3 Å². The van der Waals surface area contributed by atoms with E-state index >= 15 is 0 Å². The van der Waals surface area contributed by atoms with Crippen molar-refractivity contribution >= 4 is 39.7 Å². The number of rotatable bonds is 3. The summed E-state index contributed by atoms with van der Waals surface area (Å²) in [6.45, 7) is 3.95. The van der Waals surface area contributed by atoms with Crippen molar-refractivity contribution in [1.82, 2.24) is 19.2 Å². The van der Waals surface area contributed by atoms with Crippen molar-refractivity contribution < 1.29 is 9.59 Å². The van der Waals surface area contributed by atoms with E-state index in [1.54, 1.807) is 11.8 Å². The van der Waals surface area contributed by atoms with Crippen LogP contribution in [-0.2, 0) is 16.0 Å². The van der Waals surface area contributed by atoms with Gasteiger partial charge in [-0.05, 0) is 12.1 Å². The molecule has 27 heavy (non-hydrogen) atoms. The molecule has 1 aromatic carbocycles. The lowest BCUT2D eigenvalue weighted by atomic mass is 10.2. The van der Waals surface area contributed by atoms with Gasteiger partial charge in [0.15, 0.2) is 4.96 Å². The van der Waals surface area contributed by atoms with Gasteiger partial charge in [-0.15, -0.1) is 11.3 Å². The van der Waals surface area contributed by atoms with Crippen LogP contribution >= 0.6 is 22.9 Å². The molecular weight excluding hydrogens is 384 g/mol. The minimum Gasteiger partial charge on any atom is -0.339 e. The molecule has 1 fully saturated rings. The molecule has 0 radical (unpaired) electrons. The second kappa shape index (κ2) is 7.32. The summed E-state index contributed by atoms with van der Waals surface area (Å²) in [7, 11) is 0. The maximum atomic E-state index is 12.7. The number of amides is 2. The molecule has 3 heterocycles. The van der Waals surface area contributed by atoms with Gasteiger partial charge in [0.1, 0.15) is 0 Å². The van der Waals surface area contributed by atoms with Crippen LogP contribution in [0.15, 0.2) is 35.8 Å². The second-order valence-electron chi connectivity index (χ2n) is 6.58. The summed E-state index contributed by atoms with van der Waals surface area (Å²) in [4.78, 5) is 33.2. The monoisotopic (exact) mass is 402 g/mol. The molecule has 3 aromatic rings. The molecular formula is C19H19ClN4O2S. The van der Waals surface area contributed by atoms with Crippen LogP contribution in [0.5, 0.6) is 0 Å². The number of thiazole rings is 1. The fraction of sp³-hybridized carbons (Fsp3) is 0.316. The minimum absolute atomic E-state index is 0.0646. The van der Waals surface area contributed by atoms with Crippen LogP contribution in [0.3, 0.4) is 0 Å². The van der Waals surface area contributed by atoms with Crippen LogP contribution in [0.4, 0.5) is 0 Å². The van der Waals surface area contributed by atoms with Crippen LogP contribution in [0.1, 0.15) is 12.6 Å². The normalized spacial score (nSPS) is 14.7. The number of hydrogen-bond donors (Lipinski definition) is 0. The Labute approximate surface area is 166 Å². The zero-order valence-electron chi connectivity index (χ0n) is 14.9. The summed E-state index contributed by atoms with van der Waals surface area (Å²) in [6.07, 6.45) is 2.29. The smallest absolute Gasteiger partial charge is 0.228 e. The average Bonchev–Trinajstić information content (AvgIpc) is 3.24. The third kappa shape index (κ3) is 3.70. The molecule has 6 nitrogen and oxygen atoms in total. The summed E-state index contributed by atoms with van der Waals surface area (Å²) in [5.74, 6) is 0.148. The number of imidazole rings is 1. The van der Waals surface area contributed by atoms with E-state index in [1.165, 1.54) is 11.3 Å². The predicted molar refractivity (Wildman–Crippen MR) is 106 cm³/mol. The summed E-state index contributed by atoms with van der Waals surface area (Å²) >= 11 is 7.48. The Morgan fingerprint density at radius 1 is 1.11 bits per heavy atom. The molecule has 0 aliphatic carbocycles. The highest BCUT2D eigenvalue weighted by atomic mass is 35.5. The van der Waals surface area contributed by atoms with Crippen molar-refractivity contribution in [1.29, 1.82) is 0 Å². The maximum absolute atomic E-state index is 12.7. The molecule has 4 rings (SSSR count). The topological polar surface area (TPSA) is 57.9 Å². The van der Waals surface area contributed by atoms with Crippen LogP contribution in [0.25, 0.3) is 16.2 Å². The number of piperazine rings is 1. The van der Waals surface area contributed by atoms with E-state index in [0.29, 0.717) is 37.6 Å². The van der Waals surface area contributed by atoms with Crippen LogP contribution < -0.4 is 0 Å². The first-order valence-corrected chi connectivity index (χ1v) is 10.0. The Bertz CT molecular complexity index is 987. The van der Waals surface area contributed by atoms with Gasteiger partial charge in [0, 0.05) is 61.0 Å². The minimum atomic E-state index is 0.0646. The van der Waals surface area contributed by atoms with Gasteiger partial charge in [-0.1, -0.05) is 23.7 Å². The fourth-order valence-electron chi connectivity index (χ4n) is 3.25. The predicted octanol–water partition coefficient (Wildman–Crippen LogP) is 2.95. The quantitative estimate of drug-likeness (QED) is 0.676. The van der Waals surface area contributed by atoms with E-state index in [9.17, 15) is 9.59 Å². The lowest BCUT2D eigenvalue weighted by Gasteiger charge is -2.34. The average molecular weight is 403 g/mol. The first-order valence-electron chi connectivity index (χ1n) is 8.76. The summed E-state index contributed by atoms with van der Waals surface area (Å²) < 4.78 is 1.98. The number of aromatic nitrogens is 2. The van der Waals surface area contributed by atoms with E-state index in [-0.39, 0.29) is 11.8 Å². The molecule has 0 bridgehead atoms. The zero-order valence-corrected chi connectivity index (χ0v) is 16.5. The van der Waals surface area contributed by atoms with Crippen LogP contribution in [0, 0.1) is 0 Å². The van der Waals surface area contributed by atoms with Gasteiger partial charge in [-0.25, -0.2) is 4.98 Å². The zero-order chi connectivity index (χ0) is 19.0. The molecule has 0 unspecified atom stereocenters. The number of benzene rings is 1. The summed E-state index contributed by atoms with van der Waals surface area (Å²) in [5.41, 5.74) is 2.79. The number of nitrogens with zero attached hydrogens (tertiary/aromatic N) is 4. The first kappa shape index (κ1) is 18.0. The number of carbonyl (C=O) groups excluding carboxylic acids is 2. The molecule has 0 atom stereocenters. The highest BCUT2D eigenvalue weighted by Crippen LogP contribution is 2.25. The van der Waals surface area contributed by atoms with E-state index in [2.05, 4.69) is 4.98 Å². The molecule has 140 valence electrons. The lowest BCUT2D eigenvalue weighted by Crippen LogP contribution is -2.50.